The molecule has 1 N–H and O–H groups in total. The van der Waals surface area contributed by atoms with E-state index in [9.17, 15) is 14.3 Å². The molecule has 0 aliphatic carbocycles. The molecule has 0 bridgehead atoms. The molecule has 116 valence electrons. The third-order valence-corrected chi connectivity index (χ3v) is 3.74. The van der Waals surface area contributed by atoms with Crippen molar-refractivity contribution in [2.24, 2.45) is 0 Å². The van der Waals surface area contributed by atoms with Crippen molar-refractivity contribution in [1.82, 2.24) is 4.90 Å². The topological polar surface area (TPSA) is 49.8 Å². The van der Waals surface area contributed by atoms with E-state index in [1.807, 2.05) is 0 Å². The van der Waals surface area contributed by atoms with Gasteiger partial charge in [-0.05, 0) is 45.2 Å². The highest BCUT2D eigenvalue weighted by molar-refractivity contribution is 5.81. The average Bonchev–Trinajstić information content (AvgIpc) is 2.47. The number of nitrogens with zero attached hydrogens (tertiary/aromatic N) is 1. The lowest BCUT2D eigenvalue weighted by molar-refractivity contribution is -0.138. The van der Waals surface area contributed by atoms with E-state index >= 15 is 0 Å². The smallest absolute Gasteiger partial charge is 0.263 e. The summed E-state index contributed by atoms with van der Waals surface area (Å²) in [6, 6.07) is 3.96. The Hall–Kier alpha value is -1.62. The van der Waals surface area contributed by atoms with Crippen molar-refractivity contribution < 1.29 is 19.0 Å². The number of hydrogen-bond donors (Lipinski definition) is 1. The minimum Gasteiger partial charge on any atom is -0.480 e. The van der Waals surface area contributed by atoms with Gasteiger partial charge in [-0.1, -0.05) is 0 Å². The number of carbonyl (C=O) groups excluding carboxylic acids is 1. The Morgan fingerprint density at radius 3 is 2.57 bits per heavy atom. The molecule has 1 aromatic carbocycles. The highest BCUT2D eigenvalue weighted by Crippen LogP contribution is 2.27. The van der Waals surface area contributed by atoms with Gasteiger partial charge in [0.2, 0.25) is 0 Å². The molecule has 1 fully saturated rings. The summed E-state index contributed by atoms with van der Waals surface area (Å²) in [6.07, 6.45) is 1.70. The van der Waals surface area contributed by atoms with Gasteiger partial charge in [-0.3, -0.25) is 4.79 Å². The summed E-state index contributed by atoms with van der Waals surface area (Å²) in [4.78, 5) is 14.1. The number of likely N-dealkylation sites (tertiary alicyclic amines) is 1. The van der Waals surface area contributed by atoms with Crippen LogP contribution in [0.3, 0.4) is 0 Å². The Bertz CT molecular complexity index is 498. The highest BCUT2D eigenvalue weighted by atomic mass is 19.1. The first-order valence-corrected chi connectivity index (χ1v) is 7.42. The monoisotopic (exact) mass is 295 g/mol. The summed E-state index contributed by atoms with van der Waals surface area (Å²) < 4.78 is 19.0. The molecule has 1 aromatic rings. The van der Waals surface area contributed by atoms with Gasteiger partial charge >= 0.3 is 0 Å². The molecule has 1 aliphatic heterocycles. The standard InChI is InChI=1S/C16H22FNO3/c1-11(19)14-7-6-13(17)10-15(14)21-12(2)16(20)18-8-4-3-5-9-18/h6-7,10-12,19H,3-5,8-9H2,1-2H3/t11-,12?/m0/s1. The summed E-state index contributed by atoms with van der Waals surface area (Å²) >= 11 is 0. The van der Waals surface area contributed by atoms with Gasteiger partial charge in [0.25, 0.3) is 5.91 Å². The Morgan fingerprint density at radius 2 is 1.95 bits per heavy atom. The number of aliphatic hydroxyl groups excluding tert-OH is 1. The van der Waals surface area contributed by atoms with Crippen LogP contribution in [0.25, 0.3) is 0 Å². The van der Waals surface area contributed by atoms with E-state index in [2.05, 4.69) is 0 Å². The summed E-state index contributed by atoms with van der Waals surface area (Å²) in [5.41, 5.74) is 0.481. The SMILES string of the molecule is CC(Oc1cc(F)ccc1[C@H](C)O)C(=O)N1CCCCC1. The molecule has 1 aliphatic rings. The van der Waals surface area contributed by atoms with Crippen LogP contribution in [0.4, 0.5) is 4.39 Å². The lowest BCUT2D eigenvalue weighted by Crippen LogP contribution is -2.43. The summed E-state index contributed by atoms with van der Waals surface area (Å²) in [7, 11) is 0. The Kier molecular flexibility index (Phi) is 5.17. The van der Waals surface area contributed by atoms with Crippen LogP contribution in [0.15, 0.2) is 18.2 Å². The minimum atomic E-state index is -0.780. The van der Waals surface area contributed by atoms with Crippen molar-refractivity contribution in [1.29, 1.82) is 0 Å². The molecule has 4 nitrogen and oxygen atoms in total. The van der Waals surface area contributed by atoms with Crippen LogP contribution in [-0.2, 0) is 4.79 Å². The van der Waals surface area contributed by atoms with Crippen molar-refractivity contribution in [3.8, 4) is 5.75 Å². The molecule has 1 heterocycles. The number of carbonyl (C=O) groups is 1. The van der Waals surface area contributed by atoms with E-state index in [1.165, 1.54) is 18.2 Å². The second kappa shape index (κ2) is 6.89. The quantitative estimate of drug-likeness (QED) is 0.929. The van der Waals surface area contributed by atoms with Gasteiger partial charge in [0.15, 0.2) is 6.10 Å². The molecule has 1 saturated heterocycles. The zero-order valence-electron chi connectivity index (χ0n) is 12.5. The van der Waals surface area contributed by atoms with Crippen molar-refractivity contribution in [3.05, 3.63) is 29.6 Å². The maximum absolute atomic E-state index is 13.4. The number of aliphatic hydroxyl groups is 1. The summed E-state index contributed by atoms with van der Waals surface area (Å²) in [6.45, 7) is 4.74. The van der Waals surface area contributed by atoms with Crippen LogP contribution >= 0.6 is 0 Å². The van der Waals surface area contributed by atoms with Gasteiger partial charge < -0.3 is 14.7 Å². The zero-order chi connectivity index (χ0) is 15.4. The number of piperidine rings is 1. The third kappa shape index (κ3) is 3.94. The molecular weight excluding hydrogens is 273 g/mol. The molecule has 1 unspecified atom stereocenters. The van der Waals surface area contributed by atoms with Crippen molar-refractivity contribution in [3.63, 3.8) is 0 Å². The third-order valence-electron chi connectivity index (χ3n) is 3.74. The normalized spacial score (nSPS) is 18.2. The second-order valence-corrected chi connectivity index (χ2v) is 5.50. The number of hydrogen-bond acceptors (Lipinski definition) is 3. The molecule has 0 saturated carbocycles. The first-order valence-electron chi connectivity index (χ1n) is 7.42. The Labute approximate surface area is 124 Å². The average molecular weight is 295 g/mol. The molecule has 2 rings (SSSR count). The lowest BCUT2D eigenvalue weighted by Gasteiger charge is -2.29. The lowest BCUT2D eigenvalue weighted by atomic mass is 10.1. The number of ether oxygens (including phenoxy) is 1. The number of amides is 1. The van der Waals surface area contributed by atoms with Gasteiger partial charge in [0.1, 0.15) is 11.6 Å². The van der Waals surface area contributed by atoms with Gasteiger partial charge in [0.05, 0.1) is 6.10 Å². The van der Waals surface area contributed by atoms with Gasteiger partial charge in [-0.25, -0.2) is 4.39 Å². The first kappa shape index (κ1) is 15.8. The van der Waals surface area contributed by atoms with Gasteiger partial charge in [0, 0.05) is 24.7 Å². The number of rotatable bonds is 4. The summed E-state index contributed by atoms with van der Waals surface area (Å²) in [5, 5.41) is 9.70. The minimum absolute atomic E-state index is 0.0875. The molecule has 0 aromatic heterocycles. The van der Waals surface area contributed by atoms with Crippen LogP contribution in [0.2, 0.25) is 0 Å². The van der Waals surface area contributed by atoms with Crippen LogP contribution in [0.5, 0.6) is 5.75 Å². The van der Waals surface area contributed by atoms with Crippen molar-refractivity contribution >= 4 is 5.91 Å². The van der Waals surface area contributed by atoms with Crippen LogP contribution in [-0.4, -0.2) is 35.1 Å². The van der Waals surface area contributed by atoms with E-state index < -0.39 is 18.0 Å². The highest BCUT2D eigenvalue weighted by Gasteiger charge is 2.24. The van der Waals surface area contributed by atoms with Crippen molar-refractivity contribution in [2.45, 2.75) is 45.3 Å². The molecule has 2 atom stereocenters. The van der Waals surface area contributed by atoms with Gasteiger partial charge in [-0.2, -0.15) is 0 Å². The largest absolute Gasteiger partial charge is 0.480 e. The molecule has 0 radical (unpaired) electrons. The fourth-order valence-corrected chi connectivity index (χ4v) is 2.57. The van der Waals surface area contributed by atoms with Crippen LogP contribution < -0.4 is 4.74 Å². The van der Waals surface area contributed by atoms with E-state index in [4.69, 9.17) is 4.74 Å². The first-order chi connectivity index (χ1) is 9.99. The fourth-order valence-electron chi connectivity index (χ4n) is 2.57. The van der Waals surface area contributed by atoms with E-state index in [0.717, 1.165) is 32.4 Å². The molecular formula is C16H22FNO3. The summed E-state index contributed by atoms with van der Waals surface area (Å²) in [5.74, 6) is -0.314. The number of halogens is 1. The predicted molar refractivity (Wildman–Crippen MR) is 77.6 cm³/mol. The number of benzene rings is 1. The predicted octanol–water partition coefficient (Wildman–Crippen LogP) is 2.66. The molecule has 21 heavy (non-hydrogen) atoms. The van der Waals surface area contributed by atoms with Gasteiger partial charge in [-0.15, -0.1) is 0 Å². The van der Waals surface area contributed by atoms with E-state index in [-0.39, 0.29) is 11.7 Å². The maximum Gasteiger partial charge on any atom is 0.263 e. The fraction of sp³-hybridized carbons (Fsp3) is 0.562. The second-order valence-electron chi connectivity index (χ2n) is 5.50. The van der Waals surface area contributed by atoms with E-state index in [1.54, 1.807) is 18.7 Å². The molecule has 5 heteroatoms. The Balaban J connectivity index is 2.09. The van der Waals surface area contributed by atoms with Crippen molar-refractivity contribution in [2.75, 3.05) is 13.1 Å². The zero-order valence-corrected chi connectivity index (χ0v) is 12.5. The Morgan fingerprint density at radius 1 is 1.29 bits per heavy atom. The van der Waals surface area contributed by atoms with Crippen LogP contribution in [0.1, 0.15) is 44.8 Å². The molecule has 1 amide bonds. The van der Waals surface area contributed by atoms with E-state index in [0.29, 0.717) is 5.56 Å². The maximum atomic E-state index is 13.4. The van der Waals surface area contributed by atoms with Crippen LogP contribution in [0, 0.1) is 5.82 Å². The molecule has 0 spiro atoms.